The summed E-state index contributed by atoms with van der Waals surface area (Å²) in [5, 5.41) is 33.7. The summed E-state index contributed by atoms with van der Waals surface area (Å²) in [5.41, 5.74) is 1.36. The molecule has 2 bridgehead atoms. The molecule has 14 atom stereocenters. The van der Waals surface area contributed by atoms with E-state index in [2.05, 4.69) is 4.72 Å². The van der Waals surface area contributed by atoms with Gasteiger partial charge in [-0.15, -0.1) is 0 Å². The number of nitrogens with zero attached hydrogens (tertiary/aromatic N) is 1. The van der Waals surface area contributed by atoms with Gasteiger partial charge in [0, 0.05) is 38.0 Å². The van der Waals surface area contributed by atoms with Crippen LogP contribution in [0.25, 0.3) is 0 Å². The number of carbonyl (C=O) groups is 4. The van der Waals surface area contributed by atoms with Crippen LogP contribution in [0.2, 0.25) is 0 Å². The van der Waals surface area contributed by atoms with Crippen LogP contribution in [0.3, 0.4) is 0 Å². The summed E-state index contributed by atoms with van der Waals surface area (Å²) in [6.07, 6.45) is 15.3. The van der Waals surface area contributed by atoms with Crippen molar-refractivity contribution in [1.82, 2.24) is 9.62 Å². The predicted octanol–water partition coefficient (Wildman–Crippen LogP) is 7.06. The van der Waals surface area contributed by atoms with Gasteiger partial charge in [-0.1, -0.05) is 83.6 Å². The molecule has 380 valence electrons. The summed E-state index contributed by atoms with van der Waals surface area (Å²) < 4.78 is 47.2. The van der Waals surface area contributed by atoms with Crippen molar-refractivity contribution in [3.63, 3.8) is 0 Å². The van der Waals surface area contributed by atoms with Gasteiger partial charge < -0.3 is 34.4 Å². The summed E-state index contributed by atoms with van der Waals surface area (Å²) in [5.74, 6) is -6.37. The highest BCUT2D eigenvalue weighted by Gasteiger charge is 2.53. The average molecular weight is 961 g/mol. The lowest BCUT2D eigenvalue weighted by Crippen LogP contribution is -2.61. The van der Waals surface area contributed by atoms with E-state index in [-0.39, 0.29) is 73.0 Å². The van der Waals surface area contributed by atoms with Crippen molar-refractivity contribution in [3.8, 4) is 0 Å². The molecule has 2 saturated heterocycles. The first-order valence-corrected chi connectivity index (χ1v) is 26.8. The number of aliphatic hydroxyl groups excluding tert-OH is 2. The second kappa shape index (κ2) is 26.2. The second-order valence-electron chi connectivity index (χ2n) is 20.6. The number of allylic oxidation sites excluding steroid dienone is 6. The van der Waals surface area contributed by atoms with Crippen molar-refractivity contribution in [2.45, 2.75) is 200 Å². The number of aliphatic hydroxyl groups is 3. The van der Waals surface area contributed by atoms with Crippen molar-refractivity contribution in [2.75, 3.05) is 19.4 Å². The van der Waals surface area contributed by atoms with Gasteiger partial charge in [0.25, 0.3) is 11.7 Å². The molecule has 0 aromatic heterocycles. The Labute approximate surface area is 401 Å². The number of methoxy groups -OCH3 is 1. The summed E-state index contributed by atoms with van der Waals surface area (Å²) >= 11 is 0. The molecule has 4 rings (SSSR count). The van der Waals surface area contributed by atoms with Crippen molar-refractivity contribution >= 4 is 33.5 Å². The number of ether oxygens (including phenoxy) is 3. The standard InChI is InChI=1S/C52H84N2O12S/c1-10-26-67(62,63)53-42-31-41-22-20-39(8)52(61,66-41)49(58)50(59)54-25-15-14-18-43(54)51(60)65-47(38(7)29-40-21-23-44(55)48(30-40)64-9)24-19-34(3)28-37(6)46(57)32-45(56)36(5)27-33(2)16-12-11-13-17-35(42)4/h11-13,16-17,28,33-34,36,38-44,46-48,53,55,57,61H,10,14-15,18-27,29-32H2,1-9H3/b13-11+,16-12+,35-17+,37-28+/t33-,34+,36-,38-,39-,40+,41+,42-,43+,44-,46+,47+,48-,52-/m1/s1. The molecule has 0 spiro atoms. The lowest BCUT2D eigenvalue weighted by molar-refractivity contribution is -0.264. The fourth-order valence-corrected chi connectivity index (χ4v) is 11.8. The van der Waals surface area contributed by atoms with E-state index in [0.717, 1.165) is 6.42 Å². The number of cyclic esters (lactones) is 1. The Bertz CT molecular complexity index is 1900. The van der Waals surface area contributed by atoms with E-state index in [1.165, 1.54) is 4.90 Å². The molecule has 1 aliphatic carbocycles. The van der Waals surface area contributed by atoms with Gasteiger partial charge in [-0.25, -0.2) is 17.9 Å². The summed E-state index contributed by atoms with van der Waals surface area (Å²) in [4.78, 5) is 57.6. The Morgan fingerprint density at radius 1 is 0.896 bits per heavy atom. The normalized spacial score (nSPS) is 38.7. The number of esters is 1. The van der Waals surface area contributed by atoms with Crippen LogP contribution in [-0.4, -0.2) is 120 Å². The average Bonchev–Trinajstić information content (AvgIpc) is 3.27. The summed E-state index contributed by atoms with van der Waals surface area (Å²) in [6, 6.07) is -1.82. The van der Waals surface area contributed by atoms with Crippen LogP contribution < -0.4 is 4.72 Å². The number of fused-ring (bicyclic) bond motifs is 3. The maximum Gasteiger partial charge on any atom is 0.329 e. The van der Waals surface area contributed by atoms with Crippen LogP contribution in [-0.2, 0) is 43.4 Å². The first kappa shape index (κ1) is 56.5. The number of ketones is 2. The van der Waals surface area contributed by atoms with E-state index in [9.17, 15) is 42.9 Å². The molecule has 4 N–H and O–H groups in total. The molecular weight excluding hydrogens is 877 g/mol. The minimum atomic E-state index is -3.71. The molecule has 14 nitrogen and oxygen atoms in total. The van der Waals surface area contributed by atoms with E-state index < -0.39 is 75.9 Å². The number of piperidine rings is 1. The van der Waals surface area contributed by atoms with Crippen LogP contribution in [0.5, 0.6) is 0 Å². The highest BCUT2D eigenvalue weighted by atomic mass is 32.2. The Morgan fingerprint density at radius 3 is 2.33 bits per heavy atom. The number of carbonyl (C=O) groups excluding carboxylic acids is 4. The molecule has 0 aromatic rings. The maximum absolute atomic E-state index is 14.4. The minimum Gasteiger partial charge on any atom is -0.461 e. The van der Waals surface area contributed by atoms with Crippen LogP contribution >= 0.6 is 0 Å². The largest absolute Gasteiger partial charge is 0.461 e. The summed E-state index contributed by atoms with van der Waals surface area (Å²) in [7, 11) is -2.11. The molecule has 1 amide bonds. The highest BCUT2D eigenvalue weighted by Crippen LogP contribution is 2.38. The second-order valence-corrected chi connectivity index (χ2v) is 22.5. The molecule has 3 heterocycles. The smallest absolute Gasteiger partial charge is 0.329 e. The quantitative estimate of drug-likeness (QED) is 0.110. The fourth-order valence-electron chi connectivity index (χ4n) is 10.4. The number of amides is 1. The number of hydrogen-bond donors (Lipinski definition) is 4. The van der Waals surface area contributed by atoms with Crippen LogP contribution in [0.4, 0.5) is 0 Å². The molecule has 67 heavy (non-hydrogen) atoms. The molecule has 0 aromatic carbocycles. The zero-order valence-electron chi connectivity index (χ0n) is 41.9. The first-order chi connectivity index (χ1) is 31.6. The number of nitrogens with one attached hydrogen (secondary N) is 1. The topological polar surface area (TPSA) is 206 Å². The molecule has 1 saturated carbocycles. The van der Waals surface area contributed by atoms with E-state index in [1.54, 1.807) is 40.0 Å². The van der Waals surface area contributed by atoms with Gasteiger partial charge in [-0.2, -0.15) is 0 Å². The third-order valence-electron chi connectivity index (χ3n) is 14.8. The Hall–Kier alpha value is -3.05. The van der Waals surface area contributed by atoms with Crippen molar-refractivity contribution in [3.05, 3.63) is 47.6 Å². The number of rotatable bonds is 8. The molecule has 0 unspecified atom stereocenters. The zero-order valence-corrected chi connectivity index (χ0v) is 42.7. The van der Waals surface area contributed by atoms with Gasteiger partial charge in [0.15, 0.2) is 0 Å². The lowest BCUT2D eigenvalue weighted by Gasteiger charge is -2.43. The SMILES string of the molecule is CCCS(=O)(=O)N[C@@H]1C[C@@H]2CC[C@@H](C)[C@@](O)(O2)C(=O)C(=O)N2CCCC[C@H]2C(=O)O[C@H]([C@H](C)C[C@@H]2CC[C@@H](O)[C@H](OC)C2)CC[C@H](C)/C=C(\C)[C@@H](O)CC(=O)[C@H](C)C[C@H](C)/C=C/C=C/C=C/1C. The van der Waals surface area contributed by atoms with Gasteiger partial charge in [0.2, 0.25) is 15.8 Å². The Kier molecular flexibility index (Phi) is 22.1. The molecule has 3 aliphatic heterocycles. The monoisotopic (exact) mass is 961 g/mol. The Morgan fingerprint density at radius 2 is 1.63 bits per heavy atom. The van der Waals surface area contributed by atoms with Crippen molar-refractivity contribution in [1.29, 1.82) is 0 Å². The van der Waals surface area contributed by atoms with E-state index in [0.29, 0.717) is 81.8 Å². The number of sulfonamides is 1. The van der Waals surface area contributed by atoms with Crippen LogP contribution in [0.1, 0.15) is 152 Å². The van der Waals surface area contributed by atoms with Gasteiger partial charge >= 0.3 is 5.97 Å². The highest BCUT2D eigenvalue weighted by molar-refractivity contribution is 7.89. The summed E-state index contributed by atoms with van der Waals surface area (Å²) in [6.45, 7) is 15.1. The lowest BCUT2D eigenvalue weighted by atomic mass is 9.78. The maximum atomic E-state index is 14.4. The van der Waals surface area contributed by atoms with Crippen molar-refractivity contribution < 1.29 is 57.1 Å². The third-order valence-corrected chi connectivity index (χ3v) is 16.4. The number of hydrogen-bond acceptors (Lipinski definition) is 12. The zero-order chi connectivity index (χ0) is 49.6. The molecule has 15 heteroatoms. The van der Waals surface area contributed by atoms with Gasteiger partial charge in [0.05, 0.1) is 30.2 Å². The van der Waals surface area contributed by atoms with Crippen LogP contribution in [0.15, 0.2) is 47.6 Å². The van der Waals surface area contributed by atoms with E-state index >= 15 is 0 Å². The fraction of sp³-hybridized carbons (Fsp3) is 0.769. The molecule has 0 radical (unpaired) electrons. The number of Topliss-reactive ketones (excluding diaryl/α,β-unsaturated/α-hetero) is 2. The third kappa shape index (κ3) is 16.5. The van der Waals surface area contributed by atoms with Crippen molar-refractivity contribution in [2.24, 2.45) is 35.5 Å². The molecular formula is C52H84N2O12S. The van der Waals surface area contributed by atoms with Gasteiger partial charge in [-0.05, 0) is 133 Å². The molecule has 4 aliphatic rings. The van der Waals surface area contributed by atoms with Crippen LogP contribution in [0, 0.1) is 35.5 Å². The Balaban J connectivity index is 1.69. The van der Waals surface area contributed by atoms with Gasteiger partial charge in [-0.3, -0.25) is 14.4 Å². The first-order valence-electron chi connectivity index (χ1n) is 25.2. The predicted molar refractivity (Wildman–Crippen MR) is 259 cm³/mol. The van der Waals surface area contributed by atoms with E-state index in [1.807, 2.05) is 58.9 Å². The minimum absolute atomic E-state index is 0.00302. The van der Waals surface area contributed by atoms with E-state index in [4.69, 9.17) is 14.2 Å². The molecule has 3 fully saturated rings. The van der Waals surface area contributed by atoms with Gasteiger partial charge in [0.1, 0.15) is 17.9 Å².